The summed E-state index contributed by atoms with van der Waals surface area (Å²) in [6.07, 6.45) is 0.659. The molecule has 1 aromatic rings. The van der Waals surface area contributed by atoms with Crippen LogP contribution >= 0.6 is 0 Å². The number of halogens is 1. The molecule has 0 bridgehead atoms. The Bertz CT molecular complexity index is 492. The van der Waals surface area contributed by atoms with Crippen LogP contribution in [0.15, 0.2) is 18.2 Å². The molecule has 0 fully saturated rings. The number of hydrogen-bond acceptors (Lipinski definition) is 3. The summed E-state index contributed by atoms with van der Waals surface area (Å²) < 4.78 is 19.5. The molecule has 2 atom stereocenters. The Kier molecular flexibility index (Phi) is 6.15. The Morgan fingerprint density at radius 1 is 1.52 bits per heavy atom. The quantitative estimate of drug-likeness (QED) is 0.774. The minimum absolute atomic E-state index is 0.158. The molecule has 0 aliphatic rings. The second-order valence-corrected chi connectivity index (χ2v) is 5.58. The first-order chi connectivity index (χ1) is 9.80. The topological polar surface area (TPSA) is 58.6 Å². The van der Waals surface area contributed by atoms with Gasteiger partial charge in [0.1, 0.15) is 5.54 Å². The van der Waals surface area contributed by atoms with Crippen molar-refractivity contribution in [1.82, 2.24) is 5.32 Å². The van der Waals surface area contributed by atoms with Crippen LogP contribution in [0.1, 0.15) is 39.2 Å². The summed E-state index contributed by atoms with van der Waals surface area (Å²) in [7, 11) is 0. The van der Waals surface area contributed by atoms with E-state index in [9.17, 15) is 14.3 Å². The van der Waals surface area contributed by atoms with E-state index >= 15 is 0 Å². The van der Waals surface area contributed by atoms with Crippen LogP contribution in [-0.4, -0.2) is 29.3 Å². The molecule has 2 unspecified atom stereocenters. The fraction of sp³-hybridized carbons (Fsp3) is 0.562. The van der Waals surface area contributed by atoms with Crippen molar-refractivity contribution >= 4 is 5.97 Å². The normalized spacial score (nSPS) is 15.3. The van der Waals surface area contributed by atoms with E-state index in [1.165, 1.54) is 0 Å². The highest BCUT2D eigenvalue weighted by Crippen LogP contribution is 2.23. The van der Waals surface area contributed by atoms with Gasteiger partial charge in [-0.1, -0.05) is 19.1 Å². The summed E-state index contributed by atoms with van der Waals surface area (Å²) in [4.78, 5) is 11.4. The number of aryl methyl sites for hydroxylation is 1. The van der Waals surface area contributed by atoms with Crippen molar-refractivity contribution in [3.8, 4) is 5.75 Å². The van der Waals surface area contributed by atoms with Crippen molar-refractivity contribution in [3.05, 3.63) is 29.6 Å². The van der Waals surface area contributed by atoms with E-state index < -0.39 is 23.4 Å². The third-order valence-corrected chi connectivity index (χ3v) is 3.42. The predicted molar refractivity (Wildman–Crippen MR) is 80.2 cm³/mol. The molecule has 1 rings (SSSR count). The SMILES string of the molecule is CCCNC(C)(CC(C)Oc1cccc(C)c1F)C(=O)O. The van der Waals surface area contributed by atoms with Gasteiger partial charge in [0.05, 0.1) is 6.10 Å². The summed E-state index contributed by atoms with van der Waals surface area (Å²) in [6.45, 7) is 7.61. The number of carboxylic acids is 1. The zero-order valence-corrected chi connectivity index (χ0v) is 13.1. The van der Waals surface area contributed by atoms with Crippen LogP contribution in [-0.2, 0) is 4.79 Å². The maximum atomic E-state index is 13.9. The molecular weight excluding hydrogens is 273 g/mol. The smallest absolute Gasteiger partial charge is 0.323 e. The highest BCUT2D eigenvalue weighted by molar-refractivity contribution is 5.78. The first-order valence-electron chi connectivity index (χ1n) is 7.20. The van der Waals surface area contributed by atoms with Crippen molar-refractivity contribution in [2.45, 2.75) is 52.2 Å². The number of carbonyl (C=O) groups is 1. The Hall–Kier alpha value is -1.62. The fourth-order valence-corrected chi connectivity index (χ4v) is 2.18. The van der Waals surface area contributed by atoms with Gasteiger partial charge in [0.15, 0.2) is 11.6 Å². The molecule has 0 saturated heterocycles. The van der Waals surface area contributed by atoms with Gasteiger partial charge in [-0.05, 0) is 45.4 Å². The van der Waals surface area contributed by atoms with Gasteiger partial charge in [0, 0.05) is 6.42 Å². The molecule has 2 N–H and O–H groups in total. The van der Waals surface area contributed by atoms with Crippen molar-refractivity contribution in [3.63, 3.8) is 0 Å². The Morgan fingerprint density at radius 3 is 2.76 bits per heavy atom. The van der Waals surface area contributed by atoms with E-state index in [1.54, 1.807) is 39.0 Å². The van der Waals surface area contributed by atoms with Gasteiger partial charge in [-0.25, -0.2) is 4.39 Å². The number of benzene rings is 1. The van der Waals surface area contributed by atoms with Crippen molar-refractivity contribution < 1.29 is 19.0 Å². The first kappa shape index (κ1) is 17.4. The van der Waals surface area contributed by atoms with E-state index in [-0.39, 0.29) is 12.2 Å². The molecule has 0 heterocycles. The Balaban J connectivity index is 2.76. The third kappa shape index (κ3) is 4.70. The molecule has 21 heavy (non-hydrogen) atoms. The van der Waals surface area contributed by atoms with Crippen molar-refractivity contribution in [2.24, 2.45) is 0 Å². The minimum Gasteiger partial charge on any atom is -0.488 e. The molecule has 118 valence electrons. The van der Waals surface area contributed by atoms with E-state index in [4.69, 9.17) is 4.74 Å². The van der Waals surface area contributed by atoms with E-state index in [0.29, 0.717) is 12.1 Å². The van der Waals surface area contributed by atoms with Crippen LogP contribution < -0.4 is 10.1 Å². The van der Waals surface area contributed by atoms with E-state index in [1.807, 2.05) is 6.92 Å². The van der Waals surface area contributed by atoms with E-state index in [2.05, 4.69) is 5.32 Å². The summed E-state index contributed by atoms with van der Waals surface area (Å²) in [5.41, 5.74) is -0.583. The lowest BCUT2D eigenvalue weighted by atomic mass is 9.94. The highest BCUT2D eigenvalue weighted by atomic mass is 19.1. The molecule has 0 aromatic heterocycles. The van der Waals surface area contributed by atoms with Gasteiger partial charge >= 0.3 is 5.97 Å². The minimum atomic E-state index is -1.09. The zero-order chi connectivity index (χ0) is 16.0. The molecule has 0 aliphatic carbocycles. The van der Waals surface area contributed by atoms with Crippen LogP contribution in [0.5, 0.6) is 5.75 Å². The zero-order valence-electron chi connectivity index (χ0n) is 13.1. The van der Waals surface area contributed by atoms with Crippen molar-refractivity contribution in [2.75, 3.05) is 6.54 Å². The Morgan fingerprint density at radius 2 is 2.19 bits per heavy atom. The maximum Gasteiger partial charge on any atom is 0.323 e. The van der Waals surface area contributed by atoms with Crippen molar-refractivity contribution in [1.29, 1.82) is 0 Å². The number of aliphatic carboxylic acids is 1. The monoisotopic (exact) mass is 297 g/mol. The lowest BCUT2D eigenvalue weighted by Gasteiger charge is -2.29. The average Bonchev–Trinajstić information content (AvgIpc) is 2.41. The largest absolute Gasteiger partial charge is 0.488 e. The molecule has 0 radical (unpaired) electrons. The second kappa shape index (κ2) is 7.41. The van der Waals surface area contributed by atoms with Gasteiger partial charge < -0.3 is 15.2 Å². The van der Waals surface area contributed by atoms with Crippen LogP contribution in [0, 0.1) is 12.7 Å². The molecular formula is C16H24FNO3. The third-order valence-electron chi connectivity index (χ3n) is 3.42. The van der Waals surface area contributed by atoms with Gasteiger partial charge in [-0.2, -0.15) is 0 Å². The highest BCUT2D eigenvalue weighted by Gasteiger charge is 2.34. The van der Waals surface area contributed by atoms with Gasteiger partial charge in [0.25, 0.3) is 0 Å². The summed E-state index contributed by atoms with van der Waals surface area (Å²) in [5, 5.41) is 12.4. The maximum absolute atomic E-state index is 13.9. The predicted octanol–water partition coefficient (Wildman–Crippen LogP) is 3.13. The number of hydrogen-bond donors (Lipinski definition) is 2. The fourth-order valence-electron chi connectivity index (χ4n) is 2.18. The first-order valence-corrected chi connectivity index (χ1v) is 7.20. The summed E-state index contributed by atoms with van der Waals surface area (Å²) >= 11 is 0. The molecule has 0 aliphatic heterocycles. The number of nitrogens with one attached hydrogen (secondary N) is 1. The van der Waals surface area contributed by atoms with Crippen LogP contribution in [0.2, 0.25) is 0 Å². The summed E-state index contributed by atoms with van der Waals surface area (Å²) in [6, 6.07) is 4.93. The van der Waals surface area contributed by atoms with Gasteiger partial charge in [0.2, 0.25) is 0 Å². The molecule has 0 amide bonds. The molecule has 0 spiro atoms. The second-order valence-electron chi connectivity index (χ2n) is 5.58. The lowest BCUT2D eigenvalue weighted by molar-refractivity contribution is -0.145. The Labute approximate surface area is 125 Å². The lowest BCUT2D eigenvalue weighted by Crippen LogP contribution is -2.52. The number of carboxylic acid groups (broad SMARTS) is 1. The molecule has 0 saturated carbocycles. The standard InChI is InChI=1S/C16H24FNO3/c1-5-9-18-16(4,15(19)20)10-12(3)21-13-8-6-7-11(2)14(13)17/h6-8,12,18H,5,9-10H2,1-4H3,(H,19,20). The van der Waals surface area contributed by atoms with Crippen LogP contribution in [0.3, 0.4) is 0 Å². The number of rotatable bonds is 8. The summed E-state index contributed by atoms with van der Waals surface area (Å²) in [5.74, 6) is -1.18. The number of ether oxygens (including phenoxy) is 1. The molecule has 4 nitrogen and oxygen atoms in total. The molecule has 5 heteroatoms. The average molecular weight is 297 g/mol. The van der Waals surface area contributed by atoms with Gasteiger partial charge in [-0.15, -0.1) is 0 Å². The van der Waals surface area contributed by atoms with E-state index in [0.717, 1.165) is 6.42 Å². The van der Waals surface area contributed by atoms with Crippen LogP contribution in [0.25, 0.3) is 0 Å². The van der Waals surface area contributed by atoms with Crippen LogP contribution in [0.4, 0.5) is 4.39 Å². The molecule has 1 aromatic carbocycles. The van der Waals surface area contributed by atoms with Gasteiger partial charge in [-0.3, -0.25) is 4.79 Å².